The number of para-hydroxylation sites is 1. The molecule has 2 rings (SSSR count). The van der Waals surface area contributed by atoms with Crippen molar-refractivity contribution in [3.05, 3.63) is 59.9 Å². The monoisotopic (exact) mass is 312 g/mol. The molecule has 23 heavy (non-hydrogen) atoms. The van der Waals surface area contributed by atoms with Gasteiger partial charge in [0.05, 0.1) is 12.6 Å². The Kier molecular flexibility index (Phi) is 5.74. The van der Waals surface area contributed by atoms with E-state index in [1.807, 2.05) is 56.3 Å². The Morgan fingerprint density at radius 2 is 1.91 bits per heavy atom. The first kappa shape index (κ1) is 17.0. The van der Waals surface area contributed by atoms with Crippen molar-refractivity contribution in [3.8, 4) is 5.75 Å². The predicted octanol–water partition coefficient (Wildman–Crippen LogP) is 3.46. The second-order valence-corrected chi connectivity index (χ2v) is 6.05. The van der Waals surface area contributed by atoms with Crippen LogP contribution >= 0.6 is 0 Å². The first-order valence-corrected chi connectivity index (χ1v) is 7.87. The average molecular weight is 312 g/mol. The Labute approximate surface area is 137 Å². The number of methoxy groups -OCH3 is 1. The minimum absolute atomic E-state index is 0.0387. The molecule has 0 spiro atoms. The number of carbonyl (C=O) groups excluding carboxylic acids is 1. The molecule has 4 heteroatoms. The van der Waals surface area contributed by atoms with E-state index in [2.05, 4.69) is 10.3 Å². The third-order valence-corrected chi connectivity index (χ3v) is 3.80. The van der Waals surface area contributed by atoms with E-state index in [0.717, 1.165) is 29.8 Å². The summed E-state index contributed by atoms with van der Waals surface area (Å²) >= 11 is 0. The van der Waals surface area contributed by atoms with Gasteiger partial charge in [-0.05, 0) is 44.9 Å². The molecule has 0 aliphatic carbocycles. The van der Waals surface area contributed by atoms with Gasteiger partial charge in [-0.2, -0.15) is 0 Å². The van der Waals surface area contributed by atoms with Crippen molar-refractivity contribution in [1.82, 2.24) is 10.3 Å². The summed E-state index contributed by atoms with van der Waals surface area (Å²) in [5.41, 5.74) is 1.51. The number of hydrogen-bond donors (Lipinski definition) is 1. The molecule has 0 aliphatic heterocycles. The molecule has 0 fully saturated rings. The van der Waals surface area contributed by atoms with E-state index in [-0.39, 0.29) is 5.91 Å². The minimum Gasteiger partial charge on any atom is -0.496 e. The van der Waals surface area contributed by atoms with Gasteiger partial charge in [-0.3, -0.25) is 9.78 Å². The van der Waals surface area contributed by atoms with Crippen molar-refractivity contribution in [2.45, 2.75) is 38.6 Å². The van der Waals surface area contributed by atoms with E-state index in [1.54, 1.807) is 13.3 Å². The Bertz CT molecular complexity index is 639. The van der Waals surface area contributed by atoms with E-state index in [4.69, 9.17) is 4.74 Å². The smallest absolute Gasteiger partial charge is 0.220 e. The molecule has 122 valence electrons. The van der Waals surface area contributed by atoms with Crippen molar-refractivity contribution in [2.75, 3.05) is 7.11 Å². The lowest BCUT2D eigenvalue weighted by atomic mass is 9.93. The molecule has 1 aromatic heterocycles. The molecule has 0 unspecified atom stereocenters. The maximum Gasteiger partial charge on any atom is 0.220 e. The summed E-state index contributed by atoms with van der Waals surface area (Å²) in [5, 5.41) is 3.09. The number of aromatic nitrogens is 1. The molecule has 0 aliphatic rings. The fraction of sp³-hybridized carbons (Fsp3) is 0.368. The van der Waals surface area contributed by atoms with Crippen molar-refractivity contribution in [2.24, 2.45) is 0 Å². The average Bonchev–Trinajstić information content (AvgIpc) is 2.55. The zero-order valence-corrected chi connectivity index (χ0v) is 14.0. The summed E-state index contributed by atoms with van der Waals surface area (Å²) in [6.07, 6.45) is 3.85. The van der Waals surface area contributed by atoms with E-state index in [1.165, 1.54) is 0 Å². The van der Waals surface area contributed by atoms with Gasteiger partial charge in [-0.1, -0.05) is 24.3 Å². The van der Waals surface area contributed by atoms with Gasteiger partial charge in [0, 0.05) is 23.9 Å². The highest BCUT2D eigenvalue weighted by Gasteiger charge is 2.25. The van der Waals surface area contributed by atoms with Crippen LogP contribution in [0.15, 0.2) is 48.7 Å². The summed E-state index contributed by atoms with van der Waals surface area (Å²) in [6.45, 7) is 3.98. The third-order valence-electron chi connectivity index (χ3n) is 3.80. The summed E-state index contributed by atoms with van der Waals surface area (Å²) in [5.74, 6) is 0.822. The number of nitrogens with zero attached hydrogens (tertiary/aromatic N) is 1. The zero-order chi connectivity index (χ0) is 16.7. The van der Waals surface area contributed by atoms with E-state index >= 15 is 0 Å². The van der Waals surface area contributed by atoms with Gasteiger partial charge in [0.2, 0.25) is 5.91 Å². The second-order valence-electron chi connectivity index (χ2n) is 6.05. The zero-order valence-electron chi connectivity index (χ0n) is 14.0. The molecule has 0 bridgehead atoms. The number of nitrogens with one attached hydrogen (secondary N) is 1. The third kappa shape index (κ3) is 4.81. The Balaban J connectivity index is 1.90. The van der Waals surface area contributed by atoms with Crippen LogP contribution in [0.3, 0.4) is 0 Å². The van der Waals surface area contributed by atoms with Gasteiger partial charge < -0.3 is 10.1 Å². The quantitative estimate of drug-likeness (QED) is 0.852. The Hall–Kier alpha value is -2.36. The Morgan fingerprint density at radius 3 is 2.61 bits per heavy atom. The second kappa shape index (κ2) is 7.77. The molecule has 1 heterocycles. The SMILES string of the molecule is COc1ccccc1C(C)(C)NC(=O)CCCc1ccccn1. The van der Waals surface area contributed by atoms with Crippen LogP contribution in [0, 0.1) is 0 Å². The molecule has 0 radical (unpaired) electrons. The van der Waals surface area contributed by atoms with Gasteiger partial charge in [-0.25, -0.2) is 0 Å². The van der Waals surface area contributed by atoms with E-state index < -0.39 is 5.54 Å². The number of carbonyl (C=O) groups is 1. The number of pyridine rings is 1. The maximum absolute atomic E-state index is 12.2. The van der Waals surface area contributed by atoms with Crippen molar-refractivity contribution in [3.63, 3.8) is 0 Å². The summed E-state index contributed by atoms with van der Waals surface area (Å²) in [7, 11) is 1.64. The first-order valence-electron chi connectivity index (χ1n) is 7.87. The standard InChI is InChI=1S/C19H24N2O2/c1-19(2,16-11-4-5-12-17(16)23-3)21-18(22)13-8-10-15-9-6-7-14-20-15/h4-7,9,11-12,14H,8,10,13H2,1-3H3,(H,21,22). The van der Waals surface area contributed by atoms with Gasteiger partial charge >= 0.3 is 0 Å². The van der Waals surface area contributed by atoms with Crippen LogP contribution in [-0.2, 0) is 16.8 Å². The molecule has 1 aromatic carbocycles. The fourth-order valence-corrected chi connectivity index (χ4v) is 2.62. The van der Waals surface area contributed by atoms with Crippen LogP contribution in [0.25, 0.3) is 0 Å². The number of benzene rings is 1. The molecule has 1 N–H and O–H groups in total. The minimum atomic E-state index is -0.477. The van der Waals surface area contributed by atoms with Gasteiger partial charge in [0.1, 0.15) is 5.75 Å². The lowest BCUT2D eigenvalue weighted by molar-refractivity contribution is -0.122. The van der Waals surface area contributed by atoms with Crippen LogP contribution < -0.4 is 10.1 Å². The molecule has 1 amide bonds. The van der Waals surface area contributed by atoms with Crippen LogP contribution in [0.5, 0.6) is 5.75 Å². The van der Waals surface area contributed by atoms with Crippen LogP contribution in [0.1, 0.15) is 37.9 Å². The lowest BCUT2D eigenvalue weighted by Gasteiger charge is -2.28. The molecule has 2 aromatic rings. The highest BCUT2D eigenvalue weighted by atomic mass is 16.5. The van der Waals surface area contributed by atoms with Gasteiger partial charge in [0.25, 0.3) is 0 Å². The lowest BCUT2D eigenvalue weighted by Crippen LogP contribution is -2.41. The fourth-order valence-electron chi connectivity index (χ4n) is 2.62. The molecule has 0 saturated carbocycles. The van der Waals surface area contributed by atoms with Gasteiger partial charge in [0.15, 0.2) is 0 Å². The van der Waals surface area contributed by atoms with Crippen LogP contribution in [0.2, 0.25) is 0 Å². The number of aryl methyl sites for hydroxylation is 1. The topological polar surface area (TPSA) is 51.2 Å². The summed E-state index contributed by atoms with van der Waals surface area (Å²) < 4.78 is 5.39. The number of ether oxygens (including phenoxy) is 1. The highest BCUT2D eigenvalue weighted by molar-refractivity contribution is 5.77. The molecular weight excluding hydrogens is 288 g/mol. The number of hydrogen-bond acceptors (Lipinski definition) is 3. The number of rotatable bonds is 7. The van der Waals surface area contributed by atoms with Gasteiger partial charge in [-0.15, -0.1) is 0 Å². The highest BCUT2D eigenvalue weighted by Crippen LogP contribution is 2.29. The van der Waals surface area contributed by atoms with Crippen molar-refractivity contribution >= 4 is 5.91 Å². The van der Waals surface area contributed by atoms with E-state index in [0.29, 0.717) is 6.42 Å². The van der Waals surface area contributed by atoms with Crippen LogP contribution in [-0.4, -0.2) is 18.0 Å². The van der Waals surface area contributed by atoms with E-state index in [9.17, 15) is 4.79 Å². The largest absolute Gasteiger partial charge is 0.496 e. The predicted molar refractivity (Wildman–Crippen MR) is 91.3 cm³/mol. The maximum atomic E-state index is 12.2. The molecule has 0 atom stereocenters. The van der Waals surface area contributed by atoms with Crippen LogP contribution in [0.4, 0.5) is 0 Å². The molecule has 4 nitrogen and oxygen atoms in total. The summed E-state index contributed by atoms with van der Waals surface area (Å²) in [6, 6.07) is 13.6. The number of amides is 1. The first-order chi connectivity index (χ1) is 11.0. The van der Waals surface area contributed by atoms with Crippen molar-refractivity contribution in [1.29, 1.82) is 0 Å². The summed E-state index contributed by atoms with van der Waals surface area (Å²) in [4.78, 5) is 16.5. The normalized spacial score (nSPS) is 11.1. The van der Waals surface area contributed by atoms with Crippen molar-refractivity contribution < 1.29 is 9.53 Å². The molecule has 0 saturated heterocycles. The molecular formula is C19H24N2O2. The Morgan fingerprint density at radius 1 is 1.17 bits per heavy atom.